The predicted molar refractivity (Wildman–Crippen MR) is 156 cm³/mol. The van der Waals surface area contributed by atoms with E-state index in [4.69, 9.17) is 17.4 Å². The minimum Gasteiger partial charge on any atom is -0.342 e. The van der Waals surface area contributed by atoms with Gasteiger partial charge >= 0.3 is 0 Å². The molecule has 208 valence electrons. The molecule has 1 saturated heterocycles. The molecule has 40 heavy (non-hydrogen) atoms. The number of Topliss-reactive ketones (excluding diaryl/α,β-unsaturated/α-hetero) is 1. The fraction of sp³-hybridized carbons (Fsp3) is 0.323. The monoisotopic (exact) mass is 559 g/mol. The first-order valence-corrected chi connectivity index (χ1v) is 13.8. The van der Waals surface area contributed by atoms with Gasteiger partial charge in [0.1, 0.15) is 0 Å². The zero-order valence-electron chi connectivity index (χ0n) is 23.0. The van der Waals surface area contributed by atoms with Crippen LogP contribution < -0.4 is 10.9 Å². The second-order valence-corrected chi connectivity index (χ2v) is 11.1. The Kier molecular flexibility index (Phi) is 7.94. The average Bonchev–Trinajstić information content (AvgIpc) is 3.27. The second kappa shape index (κ2) is 11.4. The molecule has 2 atom stereocenters. The second-order valence-electron chi connectivity index (χ2n) is 10.7. The molecule has 0 saturated carbocycles. The van der Waals surface area contributed by atoms with Crippen molar-refractivity contribution in [2.45, 2.75) is 24.9 Å². The molecule has 9 heteroatoms. The summed E-state index contributed by atoms with van der Waals surface area (Å²) in [5.41, 5.74) is 3.83. The van der Waals surface area contributed by atoms with Crippen LogP contribution in [0.1, 0.15) is 45.9 Å². The van der Waals surface area contributed by atoms with Crippen molar-refractivity contribution in [1.82, 2.24) is 14.7 Å². The number of ketones is 1. The molecule has 2 aliphatic rings. The molecule has 1 unspecified atom stereocenters. The number of anilines is 1. The maximum atomic E-state index is 13.9. The summed E-state index contributed by atoms with van der Waals surface area (Å²) in [6, 6.07) is 24.1. The van der Waals surface area contributed by atoms with Crippen molar-refractivity contribution in [1.29, 1.82) is 0 Å². The zero-order valence-corrected chi connectivity index (χ0v) is 23.7. The van der Waals surface area contributed by atoms with Crippen LogP contribution in [-0.4, -0.2) is 78.6 Å². The Bertz CT molecular complexity index is 1380. The Morgan fingerprint density at radius 3 is 2.08 bits per heavy atom. The van der Waals surface area contributed by atoms with Gasteiger partial charge < -0.3 is 14.8 Å². The highest BCUT2D eigenvalue weighted by Gasteiger charge is 2.39. The third-order valence-corrected chi connectivity index (χ3v) is 8.17. The van der Waals surface area contributed by atoms with Crippen LogP contribution in [0, 0.1) is 0 Å². The van der Waals surface area contributed by atoms with E-state index in [2.05, 4.69) is 53.4 Å². The Labute approximate surface area is 239 Å². The van der Waals surface area contributed by atoms with Crippen molar-refractivity contribution >= 4 is 34.9 Å². The highest BCUT2D eigenvalue weighted by Crippen LogP contribution is 2.39. The van der Waals surface area contributed by atoms with Gasteiger partial charge in [-0.05, 0) is 35.7 Å². The lowest BCUT2D eigenvalue weighted by molar-refractivity contribution is -0.143. The lowest BCUT2D eigenvalue weighted by Crippen LogP contribution is -2.54. The van der Waals surface area contributed by atoms with Crippen molar-refractivity contribution in [3.63, 3.8) is 0 Å². The number of hydrazine groups is 1. The minimum atomic E-state index is -0.759. The first-order valence-electron chi connectivity index (χ1n) is 13.4. The van der Waals surface area contributed by atoms with Crippen LogP contribution in [0.2, 0.25) is 5.02 Å². The van der Waals surface area contributed by atoms with Crippen molar-refractivity contribution < 1.29 is 14.4 Å². The molecule has 0 aliphatic carbocycles. The molecule has 0 radical (unpaired) electrons. The Hall–Kier alpha value is -3.72. The normalized spacial score (nSPS) is 19.1. The van der Waals surface area contributed by atoms with E-state index in [1.54, 1.807) is 12.1 Å². The highest BCUT2D eigenvalue weighted by molar-refractivity contribution is 6.39. The summed E-state index contributed by atoms with van der Waals surface area (Å²) in [5, 5.41) is 1.68. The largest absolute Gasteiger partial charge is 0.342 e. The third-order valence-electron chi connectivity index (χ3n) is 7.86. The van der Waals surface area contributed by atoms with Gasteiger partial charge in [0.25, 0.3) is 11.8 Å². The van der Waals surface area contributed by atoms with Crippen LogP contribution >= 0.6 is 11.6 Å². The minimum absolute atomic E-state index is 0.0715. The SMILES string of the molecule is C[C@@H]1CN(C(c2ccccc2)c2ccccc2)CCN1C(=O)c1cc2c(cc1Cl)N(N)CC2C(=O)C(=O)N(C)C. The highest BCUT2D eigenvalue weighted by atomic mass is 35.5. The van der Waals surface area contributed by atoms with Crippen molar-refractivity contribution in [2.75, 3.05) is 45.3 Å². The Morgan fingerprint density at radius 2 is 1.52 bits per heavy atom. The van der Waals surface area contributed by atoms with E-state index in [1.165, 1.54) is 35.1 Å². The van der Waals surface area contributed by atoms with E-state index in [-0.39, 0.29) is 29.6 Å². The molecule has 0 bridgehead atoms. The first kappa shape index (κ1) is 27.8. The molecule has 5 rings (SSSR count). The van der Waals surface area contributed by atoms with Crippen LogP contribution in [0.25, 0.3) is 0 Å². The predicted octanol–water partition coefficient (Wildman–Crippen LogP) is 3.71. The van der Waals surface area contributed by atoms with Gasteiger partial charge in [0, 0.05) is 46.3 Å². The number of nitrogens with two attached hydrogens (primary N) is 1. The van der Waals surface area contributed by atoms with Gasteiger partial charge in [0.2, 0.25) is 5.78 Å². The maximum absolute atomic E-state index is 13.9. The number of rotatable bonds is 6. The van der Waals surface area contributed by atoms with Gasteiger partial charge in [-0.1, -0.05) is 72.3 Å². The molecule has 2 amide bonds. The van der Waals surface area contributed by atoms with Gasteiger partial charge in [-0.25, -0.2) is 5.84 Å². The van der Waals surface area contributed by atoms with Gasteiger partial charge in [0.05, 0.1) is 28.2 Å². The van der Waals surface area contributed by atoms with Gasteiger partial charge in [-0.15, -0.1) is 0 Å². The molecule has 2 N–H and O–H groups in total. The number of carbonyl (C=O) groups excluding carboxylic acids is 3. The molecule has 0 spiro atoms. The smallest absolute Gasteiger partial charge is 0.290 e. The maximum Gasteiger partial charge on any atom is 0.290 e. The summed E-state index contributed by atoms with van der Waals surface area (Å²) in [6.45, 7) is 4.08. The number of halogens is 1. The number of hydrogen-bond donors (Lipinski definition) is 1. The number of hydrogen-bond acceptors (Lipinski definition) is 6. The van der Waals surface area contributed by atoms with E-state index in [9.17, 15) is 14.4 Å². The van der Waals surface area contributed by atoms with Gasteiger partial charge in [0.15, 0.2) is 0 Å². The number of amides is 2. The van der Waals surface area contributed by atoms with Crippen LogP contribution in [0.5, 0.6) is 0 Å². The number of carbonyl (C=O) groups is 3. The summed E-state index contributed by atoms with van der Waals surface area (Å²) >= 11 is 6.61. The summed E-state index contributed by atoms with van der Waals surface area (Å²) < 4.78 is 0. The van der Waals surface area contributed by atoms with Gasteiger partial charge in [-0.2, -0.15) is 0 Å². The van der Waals surface area contributed by atoms with E-state index in [0.717, 1.165) is 0 Å². The summed E-state index contributed by atoms with van der Waals surface area (Å²) in [7, 11) is 3.07. The van der Waals surface area contributed by atoms with Crippen LogP contribution in [0.15, 0.2) is 72.8 Å². The molecule has 3 aromatic carbocycles. The number of likely N-dealkylation sites (N-methyl/N-ethyl adjacent to an activating group) is 1. The summed E-state index contributed by atoms with van der Waals surface area (Å²) in [4.78, 5) is 44.7. The fourth-order valence-electron chi connectivity index (χ4n) is 5.82. The molecule has 2 aliphatic heterocycles. The average molecular weight is 560 g/mol. The summed E-state index contributed by atoms with van der Waals surface area (Å²) in [6.07, 6.45) is 0. The van der Waals surface area contributed by atoms with E-state index < -0.39 is 17.6 Å². The lowest BCUT2D eigenvalue weighted by Gasteiger charge is -2.43. The third kappa shape index (κ3) is 5.22. The van der Waals surface area contributed by atoms with E-state index >= 15 is 0 Å². The molecular formula is C31H34ClN5O3. The molecule has 8 nitrogen and oxygen atoms in total. The molecule has 2 heterocycles. The number of benzene rings is 3. The number of nitrogens with zero attached hydrogens (tertiary/aromatic N) is 4. The van der Waals surface area contributed by atoms with Crippen molar-refractivity contribution in [3.8, 4) is 0 Å². The molecule has 3 aromatic rings. The van der Waals surface area contributed by atoms with Gasteiger partial charge in [-0.3, -0.25) is 19.3 Å². The Morgan fingerprint density at radius 1 is 0.925 bits per heavy atom. The zero-order chi connectivity index (χ0) is 28.6. The quantitative estimate of drug-likeness (QED) is 0.366. The Balaban J connectivity index is 1.39. The van der Waals surface area contributed by atoms with E-state index in [0.29, 0.717) is 36.4 Å². The fourth-order valence-corrected chi connectivity index (χ4v) is 6.06. The standard InChI is InChI=1S/C31H34ClN5O3/c1-20-18-35(28(21-10-6-4-7-11-21)22-12-8-5-9-13-22)14-15-36(20)30(39)24-16-23-25(29(38)31(40)34(2)3)19-37(33)27(23)17-26(24)32/h4-13,16-17,20,25,28H,14-15,18-19,33H2,1-3H3/t20-,25?/m1/s1. The number of fused-ring (bicyclic) bond motifs is 1. The topological polar surface area (TPSA) is 90.2 Å². The lowest BCUT2D eigenvalue weighted by atomic mass is 9.93. The van der Waals surface area contributed by atoms with Crippen molar-refractivity contribution in [2.24, 2.45) is 5.84 Å². The molecule has 1 fully saturated rings. The van der Waals surface area contributed by atoms with Crippen LogP contribution in [-0.2, 0) is 9.59 Å². The molecule has 0 aromatic heterocycles. The van der Waals surface area contributed by atoms with Crippen LogP contribution in [0.3, 0.4) is 0 Å². The van der Waals surface area contributed by atoms with Crippen LogP contribution in [0.4, 0.5) is 5.69 Å². The molecular weight excluding hydrogens is 526 g/mol. The summed E-state index contributed by atoms with van der Waals surface area (Å²) in [5.74, 6) is 4.02. The van der Waals surface area contributed by atoms with Crippen molar-refractivity contribution in [3.05, 3.63) is 100 Å². The number of piperazine rings is 1. The first-order chi connectivity index (χ1) is 19.2. The van der Waals surface area contributed by atoms with E-state index in [1.807, 2.05) is 24.0 Å².